The second-order valence-corrected chi connectivity index (χ2v) is 7.87. The first-order valence-electron chi connectivity index (χ1n) is 10.2. The van der Waals surface area contributed by atoms with Crippen molar-refractivity contribution in [1.82, 2.24) is 15.1 Å². The zero-order valence-electron chi connectivity index (χ0n) is 15.8. The van der Waals surface area contributed by atoms with Crippen molar-refractivity contribution in [2.45, 2.75) is 56.8 Å². The maximum Gasteiger partial charge on any atom is 0.317 e. The molecule has 0 saturated carbocycles. The van der Waals surface area contributed by atoms with Gasteiger partial charge in [0.15, 0.2) is 0 Å². The molecule has 4 rings (SSSR count). The predicted octanol–water partition coefficient (Wildman–Crippen LogP) is 2.18. The minimum Gasteiger partial charge on any atom is -0.373 e. The fourth-order valence-corrected chi connectivity index (χ4v) is 4.46. The van der Waals surface area contributed by atoms with Crippen LogP contribution in [0.4, 0.5) is 4.79 Å². The maximum absolute atomic E-state index is 12.6. The number of benzene rings is 1. The number of hydrogen-bond acceptors (Lipinski definition) is 3. The van der Waals surface area contributed by atoms with Gasteiger partial charge in [0.2, 0.25) is 5.91 Å². The van der Waals surface area contributed by atoms with Gasteiger partial charge in [-0.05, 0) is 37.7 Å². The molecule has 3 atom stereocenters. The highest BCUT2D eigenvalue weighted by molar-refractivity contribution is 5.77. The Morgan fingerprint density at radius 3 is 2.56 bits per heavy atom. The number of ether oxygens (including phenoxy) is 1. The normalized spacial score (nSPS) is 27.5. The zero-order chi connectivity index (χ0) is 18.6. The molecule has 0 aliphatic carbocycles. The minimum atomic E-state index is -0.00488. The average Bonchev–Trinajstić information content (AvgIpc) is 3.21. The lowest BCUT2D eigenvalue weighted by atomic mass is 9.96. The fraction of sp³-hybridized carbons (Fsp3) is 0.619. The second-order valence-electron chi connectivity index (χ2n) is 7.87. The first-order valence-corrected chi connectivity index (χ1v) is 10.2. The van der Waals surface area contributed by atoms with E-state index >= 15 is 0 Å². The Balaban J connectivity index is 1.23. The first-order chi connectivity index (χ1) is 13.2. The molecule has 1 aromatic carbocycles. The van der Waals surface area contributed by atoms with Gasteiger partial charge in [0.1, 0.15) is 0 Å². The lowest BCUT2D eigenvalue weighted by Gasteiger charge is -2.26. The third-order valence-electron chi connectivity index (χ3n) is 6.02. The minimum absolute atomic E-state index is 0.00488. The van der Waals surface area contributed by atoms with Gasteiger partial charge >= 0.3 is 6.03 Å². The van der Waals surface area contributed by atoms with E-state index in [1.807, 2.05) is 28.0 Å². The number of aryl methyl sites for hydroxylation is 1. The van der Waals surface area contributed by atoms with Crippen LogP contribution in [0, 0.1) is 0 Å². The highest BCUT2D eigenvalue weighted by atomic mass is 16.5. The van der Waals surface area contributed by atoms with Gasteiger partial charge in [0, 0.05) is 32.6 Å². The van der Waals surface area contributed by atoms with Crippen LogP contribution in [-0.4, -0.2) is 66.2 Å². The summed E-state index contributed by atoms with van der Waals surface area (Å²) in [4.78, 5) is 29.0. The van der Waals surface area contributed by atoms with Crippen LogP contribution >= 0.6 is 0 Å². The van der Waals surface area contributed by atoms with Crippen molar-refractivity contribution in [3.8, 4) is 0 Å². The third-order valence-corrected chi connectivity index (χ3v) is 6.02. The van der Waals surface area contributed by atoms with E-state index in [4.69, 9.17) is 4.74 Å². The van der Waals surface area contributed by atoms with E-state index in [9.17, 15) is 9.59 Å². The van der Waals surface area contributed by atoms with Crippen molar-refractivity contribution in [3.63, 3.8) is 0 Å². The molecule has 6 heteroatoms. The fourth-order valence-electron chi connectivity index (χ4n) is 4.46. The molecule has 1 aromatic rings. The van der Waals surface area contributed by atoms with Gasteiger partial charge < -0.3 is 19.9 Å². The van der Waals surface area contributed by atoms with Gasteiger partial charge in [-0.1, -0.05) is 30.3 Å². The maximum atomic E-state index is 12.6. The molecule has 6 nitrogen and oxygen atoms in total. The highest BCUT2D eigenvalue weighted by Crippen LogP contribution is 2.34. The number of nitrogens with zero attached hydrogens (tertiary/aromatic N) is 2. The van der Waals surface area contributed by atoms with Crippen molar-refractivity contribution < 1.29 is 14.3 Å². The number of nitrogens with one attached hydrogen (secondary N) is 1. The number of fused-ring (bicyclic) bond motifs is 2. The van der Waals surface area contributed by atoms with Gasteiger partial charge in [-0.3, -0.25) is 4.79 Å². The van der Waals surface area contributed by atoms with Gasteiger partial charge in [0.05, 0.1) is 18.2 Å². The molecular formula is C21H29N3O3. The van der Waals surface area contributed by atoms with Crippen LogP contribution in [0.5, 0.6) is 0 Å². The van der Waals surface area contributed by atoms with Crippen LogP contribution in [0.25, 0.3) is 0 Å². The summed E-state index contributed by atoms with van der Waals surface area (Å²) in [5.74, 6) is 0.183. The van der Waals surface area contributed by atoms with Crippen LogP contribution in [0.15, 0.2) is 30.3 Å². The van der Waals surface area contributed by atoms with Crippen molar-refractivity contribution in [1.29, 1.82) is 0 Å². The second kappa shape index (κ2) is 8.30. The summed E-state index contributed by atoms with van der Waals surface area (Å²) in [6.45, 7) is 2.66. The smallest absolute Gasteiger partial charge is 0.317 e. The van der Waals surface area contributed by atoms with Gasteiger partial charge in [0.25, 0.3) is 0 Å². The number of carbonyl (C=O) groups excluding carboxylic acids is 2. The molecule has 0 aromatic heterocycles. The molecule has 2 bridgehead atoms. The largest absolute Gasteiger partial charge is 0.373 e. The van der Waals surface area contributed by atoms with Crippen LogP contribution in [0.2, 0.25) is 0 Å². The van der Waals surface area contributed by atoms with Crippen molar-refractivity contribution >= 4 is 11.9 Å². The number of urea groups is 1. The Hall–Kier alpha value is -2.08. The molecule has 3 unspecified atom stereocenters. The Kier molecular flexibility index (Phi) is 5.62. The summed E-state index contributed by atoms with van der Waals surface area (Å²) < 4.78 is 5.82. The van der Waals surface area contributed by atoms with Crippen LogP contribution in [0.1, 0.15) is 37.7 Å². The Bertz CT molecular complexity index is 666. The van der Waals surface area contributed by atoms with Gasteiger partial charge in [-0.2, -0.15) is 0 Å². The molecule has 3 amide bonds. The number of amides is 3. The highest BCUT2D eigenvalue weighted by Gasteiger charge is 2.41. The van der Waals surface area contributed by atoms with Gasteiger partial charge in [-0.25, -0.2) is 4.79 Å². The Morgan fingerprint density at radius 2 is 1.81 bits per heavy atom. The Labute approximate surface area is 160 Å². The zero-order valence-corrected chi connectivity index (χ0v) is 15.8. The van der Waals surface area contributed by atoms with E-state index in [1.165, 1.54) is 5.56 Å². The van der Waals surface area contributed by atoms with Crippen molar-refractivity contribution in [2.24, 2.45) is 0 Å². The van der Waals surface area contributed by atoms with Crippen LogP contribution in [-0.2, 0) is 16.0 Å². The summed E-state index contributed by atoms with van der Waals surface area (Å²) >= 11 is 0. The van der Waals surface area contributed by atoms with E-state index in [2.05, 4.69) is 17.4 Å². The molecule has 3 fully saturated rings. The molecule has 146 valence electrons. The summed E-state index contributed by atoms with van der Waals surface area (Å²) in [6, 6.07) is 10.3. The van der Waals surface area contributed by atoms with Crippen LogP contribution in [0.3, 0.4) is 0 Å². The average molecular weight is 371 g/mol. The molecule has 27 heavy (non-hydrogen) atoms. The molecule has 0 spiro atoms. The summed E-state index contributed by atoms with van der Waals surface area (Å²) in [5, 5.41) is 3.16. The topological polar surface area (TPSA) is 61.9 Å². The van der Waals surface area contributed by atoms with Crippen molar-refractivity contribution in [3.05, 3.63) is 35.9 Å². The molecule has 3 aliphatic rings. The van der Waals surface area contributed by atoms with Crippen molar-refractivity contribution in [2.75, 3.05) is 26.2 Å². The predicted molar refractivity (Wildman–Crippen MR) is 102 cm³/mol. The SMILES string of the molecule is O=C(CCc1ccccc1)N1CCCN(C(=O)NC2CC3CCC2O3)CC1. The lowest BCUT2D eigenvalue weighted by molar-refractivity contribution is -0.131. The third kappa shape index (κ3) is 4.43. The van der Waals surface area contributed by atoms with E-state index < -0.39 is 0 Å². The molecule has 3 aliphatic heterocycles. The molecule has 3 heterocycles. The molecule has 1 N–H and O–H groups in total. The van der Waals surface area contributed by atoms with E-state index in [0.29, 0.717) is 32.2 Å². The summed E-state index contributed by atoms with van der Waals surface area (Å²) in [5.41, 5.74) is 1.19. The number of carbonyl (C=O) groups is 2. The lowest BCUT2D eigenvalue weighted by Crippen LogP contribution is -2.49. The van der Waals surface area contributed by atoms with E-state index in [1.54, 1.807) is 0 Å². The number of hydrogen-bond donors (Lipinski definition) is 1. The molecular weight excluding hydrogens is 342 g/mol. The number of rotatable bonds is 4. The van der Waals surface area contributed by atoms with E-state index in [0.717, 1.165) is 38.6 Å². The summed E-state index contributed by atoms with van der Waals surface area (Å²) in [7, 11) is 0. The first kappa shape index (κ1) is 18.3. The quantitative estimate of drug-likeness (QED) is 0.882. The van der Waals surface area contributed by atoms with E-state index in [-0.39, 0.29) is 24.1 Å². The van der Waals surface area contributed by atoms with Crippen LogP contribution < -0.4 is 5.32 Å². The Morgan fingerprint density at radius 1 is 1.04 bits per heavy atom. The molecule has 3 saturated heterocycles. The monoisotopic (exact) mass is 371 g/mol. The standard InChI is InChI=1S/C21H29N3O3/c25-20(10-7-16-5-2-1-3-6-16)23-11-4-12-24(14-13-23)21(26)22-18-15-17-8-9-19(18)27-17/h1-3,5-6,17-19H,4,7-15H2,(H,22,26). The van der Waals surface area contributed by atoms with Gasteiger partial charge in [-0.15, -0.1) is 0 Å². The summed E-state index contributed by atoms with van der Waals surface area (Å²) in [6.07, 6.45) is 5.78. The molecule has 0 radical (unpaired) electrons.